The van der Waals surface area contributed by atoms with Crippen molar-refractivity contribution in [2.75, 3.05) is 19.7 Å². The molecule has 0 bridgehead atoms. The molecule has 0 radical (unpaired) electrons. The topological polar surface area (TPSA) is 50.8 Å². The monoisotopic (exact) mass is 370 g/mol. The number of hydrogen-bond acceptors (Lipinski definition) is 4. The summed E-state index contributed by atoms with van der Waals surface area (Å²) in [5.41, 5.74) is 1.01. The van der Waals surface area contributed by atoms with E-state index in [4.69, 9.17) is 9.47 Å². The van der Waals surface area contributed by atoms with Gasteiger partial charge in [-0.2, -0.15) is 0 Å². The number of halogens is 1. The van der Waals surface area contributed by atoms with Crippen molar-refractivity contribution < 1.29 is 18.7 Å². The lowest BCUT2D eigenvalue weighted by molar-refractivity contribution is -0.123. The molecule has 0 spiro atoms. The maximum Gasteiger partial charge on any atom is 0.234 e. The molecule has 1 saturated carbocycles. The Labute approximate surface area is 158 Å². The summed E-state index contributed by atoms with van der Waals surface area (Å²) in [7, 11) is 0. The molecule has 1 atom stereocenters. The average molecular weight is 370 g/mol. The van der Waals surface area contributed by atoms with Gasteiger partial charge < -0.3 is 14.8 Å². The van der Waals surface area contributed by atoms with Crippen LogP contribution >= 0.6 is 0 Å². The van der Waals surface area contributed by atoms with E-state index in [0.717, 1.165) is 24.2 Å². The van der Waals surface area contributed by atoms with E-state index >= 15 is 0 Å². The second-order valence-corrected chi connectivity index (χ2v) is 7.06. The van der Waals surface area contributed by atoms with E-state index in [1.54, 1.807) is 12.1 Å². The number of fused-ring (bicyclic) bond motifs is 1. The fraction of sp³-hybridized carbons (Fsp3) is 0.381. The molecule has 4 rings (SSSR count). The van der Waals surface area contributed by atoms with Gasteiger partial charge in [-0.1, -0.05) is 24.3 Å². The Bertz CT molecular complexity index is 792. The summed E-state index contributed by atoms with van der Waals surface area (Å²) in [6, 6.07) is 14.4. The number of para-hydroxylation sites is 2. The second-order valence-electron chi connectivity index (χ2n) is 7.06. The minimum Gasteiger partial charge on any atom is -0.486 e. The quantitative estimate of drug-likeness (QED) is 0.814. The van der Waals surface area contributed by atoms with Gasteiger partial charge in [-0.05, 0) is 42.7 Å². The van der Waals surface area contributed by atoms with E-state index < -0.39 is 0 Å². The van der Waals surface area contributed by atoms with Gasteiger partial charge in [0, 0.05) is 12.6 Å². The Balaban J connectivity index is 1.27. The number of carbonyl (C=O) groups is 1. The minimum atomic E-state index is -0.245. The first-order valence-electron chi connectivity index (χ1n) is 9.31. The fourth-order valence-corrected chi connectivity index (χ4v) is 3.21. The molecule has 1 unspecified atom stereocenters. The van der Waals surface area contributed by atoms with Crippen LogP contribution in [0.5, 0.6) is 11.5 Å². The maximum atomic E-state index is 13.1. The number of nitrogens with one attached hydrogen (secondary N) is 1. The molecule has 1 fully saturated rings. The molecule has 2 aromatic carbocycles. The van der Waals surface area contributed by atoms with Crippen molar-refractivity contribution in [2.45, 2.75) is 31.5 Å². The zero-order valence-corrected chi connectivity index (χ0v) is 15.1. The van der Waals surface area contributed by atoms with Gasteiger partial charge in [0.1, 0.15) is 18.5 Å². The summed E-state index contributed by atoms with van der Waals surface area (Å²) in [5, 5.41) is 2.95. The van der Waals surface area contributed by atoms with E-state index in [0.29, 0.717) is 38.0 Å². The van der Waals surface area contributed by atoms with E-state index in [-0.39, 0.29) is 17.8 Å². The molecule has 6 heteroatoms. The normalized spacial score (nSPS) is 18.4. The predicted molar refractivity (Wildman–Crippen MR) is 99.2 cm³/mol. The molecule has 27 heavy (non-hydrogen) atoms. The van der Waals surface area contributed by atoms with Gasteiger partial charge >= 0.3 is 0 Å². The predicted octanol–water partition coefficient (Wildman–Crippen LogP) is 2.75. The highest BCUT2D eigenvalue weighted by Crippen LogP contribution is 2.31. The molecule has 2 aromatic rings. The molecular weight excluding hydrogens is 347 g/mol. The first-order valence-corrected chi connectivity index (χ1v) is 9.31. The molecule has 2 aliphatic rings. The van der Waals surface area contributed by atoms with Gasteiger partial charge in [0.25, 0.3) is 0 Å². The lowest BCUT2D eigenvalue weighted by atomic mass is 10.2. The molecule has 1 amide bonds. The molecule has 1 aliphatic heterocycles. The third-order valence-electron chi connectivity index (χ3n) is 4.80. The van der Waals surface area contributed by atoms with Crippen LogP contribution in [0.4, 0.5) is 4.39 Å². The van der Waals surface area contributed by atoms with E-state index in [1.807, 2.05) is 24.3 Å². The van der Waals surface area contributed by atoms with E-state index in [2.05, 4.69) is 10.2 Å². The maximum absolute atomic E-state index is 13.1. The zero-order chi connectivity index (χ0) is 18.6. The van der Waals surface area contributed by atoms with Gasteiger partial charge in [0.05, 0.1) is 13.1 Å². The third-order valence-corrected chi connectivity index (χ3v) is 4.80. The smallest absolute Gasteiger partial charge is 0.234 e. The summed E-state index contributed by atoms with van der Waals surface area (Å²) < 4.78 is 24.6. The second kappa shape index (κ2) is 7.96. The molecule has 142 valence electrons. The van der Waals surface area contributed by atoms with Crippen LogP contribution in [0.25, 0.3) is 0 Å². The molecule has 1 N–H and O–H groups in total. The van der Waals surface area contributed by atoms with Crippen LogP contribution in [-0.2, 0) is 11.3 Å². The number of benzene rings is 2. The van der Waals surface area contributed by atoms with Crippen LogP contribution < -0.4 is 14.8 Å². The molecule has 0 saturated heterocycles. The van der Waals surface area contributed by atoms with Crippen LogP contribution in [0.2, 0.25) is 0 Å². The molecule has 1 aliphatic carbocycles. The standard InChI is InChI=1S/C21H23FN2O3/c22-16-7-5-15(6-8-16)12-24(17-9-10-17)13-21(25)23-11-18-14-26-19-3-1-2-4-20(19)27-18/h1-8,17-18H,9-14H2,(H,23,25). The van der Waals surface area contributed by atoms with Crippen LogP contribution in [0, 0.1) is 5.82 Å². The van der Waals surface area contributed by atoms with Crippen molar-refractivity contribution in [1.29, 1.82) is 0 Å². The van der Waals surface area contributed by atoms with Crippen molar-refractivity contribution in [3.8, 4) is 11.5 Å². The van der Waals surface area contributed by atoms with Crippen LogP contribution in [0.1, 0.15) is 18.4 Å². The Morgan fingerprint density at radius 3 is 2.59 bits per heavy atom. The van der Waals surface area contributed by atoms with Gasteiger partial charge in [0.15, 0.2) is 11.5 Å². The number of amides is 1. The SMILES string of the molecule is O=C(CN(Cc1ccc(F)cc1)C1CC1)NCC1COc2ccccc2O1. The molecule has 1 heterocycles. The Hall–Kier alpha value is -2.60. The van der Waals surface area contributed by atoms with Gasteiger partial charge in [-0.25, -0.2) is 4.39 Å². The average Bonchev–Trinajstić information content (AvgIpc) is 3.53. The van der Waals surface area contributed by atoms with Gasteiger partial charge in [0.2, 0.25) is 5.91 Å². The summed E-state index contributed by atoms with van der Waals surface area (Å²) in [6.07, 6.45) is 2.01. The molecule has 0 aromatic heterocycles. The summed E-state index contributed by atoms with van der Waals surface area (Å²) in [6.45, 7) is 1.79. The van der Waals surface area contributed by atoms with Crippen molar-refractivity contribution >= 4 is 5.91 Å². The largest absolute Gasteiger partial charge is 0.486 e. The summed E-state index contributed by atoms with van der Waals surface area (Å²) >= 11 is 0. The van der Waals surface area contributed by atoms with Crippen LogP contribution in [-0.4, -0.2) is 42.6 Å². The minimum absolute atomic E-state index is 0.0357. The highest BCUT2D eigenvalue weighted by Gasteiger charge is 2.30. The number of carbonyl (C=O) groups excluding carboxylic acids is 1. The molecular formula is C21H23FN2O3. The number of ether oxygens (including phenoxy) is 2. The molecule has 5 nitrogen and oxygen atoms in total. The summed E-state index contributed by atoms with van der Waals surface area (Å²) in [4.78, 5) is 14.6. The first-order chi connectivity index (χ1) is 13.2. The number of nitrogens with zero attached hydrogens (tertiary/aromatic N) is 1. The van der Waals surface area contributed by atoms with Gasteiger partial charge in [-0.15, -0.1) is 0 Å². The third kappa shape index (κ3) is 4.77. The van der Waals surface area contributed by atoms with Crippen LogP contribution in [0.3, 0.4) is 0 Å². The van der Waals surface area contributed by atoms with Crippen LogP contribution in [0.15, 0.2) is 48.5 Å². The highest BCUT2D eigenvalue weighted by molar-refractivity contribution is 5.78. The lowest BCUT2D eigenvalue weighted by Crippen LogP contribution is -2.44. The van der Waals surface area contributed by atoms with Crippen molar-refractivity contribution in [2.24, 2.45) is 0 Å². The Morgan fingerprint density at radius 1 is 1.11 bits per heavy atom. The fourth-order valence-electron chi connectivity index (χ4n) is 3.21. The number of rotatable bonds is 7. The summed E-state index contributed by atoms with van der Waals surface area (Å²) in [5.74, 6) is 1.16. The van der Waals surface area contributed by atoms with E-state index in [1.165, 1.54) is 12.1 Å². The van der Waals surface area contributed by atoms with Crippen molar-refractivity contribution in [1.82, 2.24) is 10.2 Å². The first kappa shape index (κ1) is 17.8. The number of hydrogen-bond donors (Lipinski definition) is 1. The Kier molecular flexibility index (Phi) is 5.25. The van der Waals surface area contributed by atoms with E-state index in [9.17, 15) is 9.18 Å². The van der Waals surface area contributed by atoms with Crippen molar-refractivity contribution in [3.63, 3.8) is 0 Å². The lowest BCUT2D eigenvalue weighted by Gasteiger charge is -2.27. The Morgan fingerprint density at radius 2 is 1.85 bits per heavy atom. The zero-order valence-electron chi connectivity index (χ0n) is 15.1. The van der Waals surface area contributed by atoms with Crippen molar-refractivity contribution in [3.05, 3.63) is 59.9 Å². The highest BCUT2D eigenvalue weighted by atomic mass is 19.1. The van der Waals surface area contributed by atoms with Gasteiger partial charge in [-0.3, -0.25) is 9.69 Å².